The Hall–Kier alpha value is -0.460. The lowest BCUT2D eigenvalue weighted by atomic mass is 10.1. The average Bonchev–Trinajstić information content (AvgIpc) is 2.15. The number of amides is 1. The van der Waals surface area contributed by atoms with Crippen molar-refractivity contribution in [2.75, 3.05) is 0 Å². The van der Waals surface area contributed by atoms with Crippen LogP contribution in [-0.4, -0.2) is 42.5 Å². The Labute approximate surface area is 73.7 Å². The normalized spacial score (nSPS) is 35.6. The first-order valence-electron chi connectivity index (χ1n) is 3.46. The van der Waals surface area contributed by atoms with Crippen LogP contribution < -0.4 is 0 Å². The van der Waals surface area contributed by atoms with Gasteiger partial charge in [0.2, 0.25) is 0 Å². The molecule has 7 nitrogen and oxygen atoms in total. The molecule has 0 radical (unpaired) electrons. The van der Waals surface area contributed by atoms with Crippen molar-refractivity contribution < 1.29 is 29.5 Å². The fourth-order valence-corrected chi connectivity index (χ4v) is 1.91. The quantitative estimate of drug-likeness (QED) is 0.321. The predicted molar refractivity (Wildman–Crippen MR) is 39.7 cm³/mol. The molecule has 1 aliphatic heterocycles. The van der Waals surface area contributed by atoms with Gasteiger partial charge in [-0.3, -0.25) is 14.6 Å². The summed E-state index contributed by atoms with van der Waals surface area (Å²) in [5, 5.41) is 15.8. The van der Waals surface area contributed by atoms with Crippen molar-refractivity contribution in [2.45, 2.75) is 24.7 Å². The number of hydrogen-bond acceptors (Lipinski definition) is 4. The van der Waals surface area contributed by atoms with Gasteiger partial charge in [0.1, 0.15) is 0 Å². The van der Waals surface area contributed by atoms with Crippen LogP contribution in [0.4, 0.5) is 0 Å². The number of carbonyl (C=O) groups excluding carboxylic acids is 1. The van der Waals surface area contributed by atoms with E-state index >= 15 is 0 Å². The molecule has 0 aromatic rings. The Balaban J connectivity index is 3.09. The van der Waals surface area contributed by atoms with Crippen LogP contribution in [-0.2, 0) is 9.36 Å². The van der Waals surface area contributed by atoms with Crippen molar-refractivity contribution in [1.29, 1.82) is 0 Å². The van der Waals surface area contributed by atoms with Crippen molar-refractivity contribution in [2.24, 2.45) is 0 Å². The summed E-state index contributed by atoms with van der Waals surface area (Å²) in [6.07, 6.45) is -2.03. The highest BCUT2D eigenvalue weighted by atomic mass is 31.2. The minimum absolute atomic E-state index is 0.0565. The van der Waals surface area contributed by atoms with Gasteiger partial charge in [-0.1, -0.05) is 0 Å². The zero-order valence-corrected chi connectivity index (χ0v) is 7.68. The molecular weight excluding hydrogens is 201 g/mol. The molecule has 0 aromatic carbocycles. The second kappa shape index (κ2) is 2.76. The largest absolute Gasteiger partial charge is 0.371 e. The fourth-order valence-electron chi connectivity index (χ4n) is 1.15. The minimum atomic E-state index is -4.67. The predicted octanol–water partition coefficient (Wildman–Crippen LogP) is -1.14. The van der Waals surface area contributed by atoms with E-state index in [9.17, 15) is 9.36 Å². The van der Waals surface area contributed by atoms with E-state index in [0.717, 1.165) is 6.92 Å². The molecule has 0 aromatic heterocycles. The number of hydroxylamine groups is 2. The van der Waals surface area contributed by atoms with E-state index in [1.54, 1.807) is 0 Å². The van der Waals surface area contributed by atoms with E-state index in [0.29, 0.717) is 0 Å². The molecular formula is C5H10NO6P. The lowest BCUT2D eigenvalue weighted by Crippen LogP contribution is -2.36. The molecule has 0 bridgehead atoms. The van der Waals surface area contributed by atoms with Crippen LogP contribution in [0, 0.1) is 0 Å². The van der Waals surface area contributed by atoms with E-state index in [-0.39, 0.29) is 5.06 Å². The zero-order chi connectivity index (χ0) is 10.4. The van der Waals surface area contributed by atoms with Gasteiger partial charge in [0.25, 0.3) is 5.91 Å². The van der Waals surface area contributed by atoms with Crippen LogP contribution in [0.1, 0.15) is 13.3 Å². The summed E-state index contributed by atoms with van der Waals surface area (Å²) < 4.78 is 10.9. The van der Waals surface area contributed by atoms with Gasteiger partial charge in [0, 0.05) is 6.42 Å². The van der Waals surface area contributed by atoms with Gasteiger partial charge in [0.05, 0.1) is 0 Å². The maximum absolute atomic E-state index is 11.1. The van der Waals surface area contributed by atoms with Gasteiger partial charge >= 0.3 is 7.60 Å². The maximum atomic E-state index is 11.1. The molecule has 2 atom stereocenters. The number of aliphatic hydroxyl groups excluding tert-OH is 1. The smallest absolute Gasteiger partial charge is 0.341 e. The first-order chi connectivity index (χ1) is 5.70. The first-order valence-corrected chi connectivity index (χ1v) is 5.07. The second-order valence-electron chi connectivity index (χ2n) is 3.15. The van der Waals surface area contributed by atoms with Gasteiger partial charge in [-0.25, -0.2) is 0 Å². The van der Waals surface area contributed by atoms with Gasteiger partial charge in [-0.15, -0.1) is 0 Å². The average molecular weight is 211 g/mol. The standard InChI is InChI=1S/C5H10NO6P/c1-5(13(10,11)12)2-3(7)6(9)4(5)8/h3,7,9H,2H2,1H3,(H2,10,11,12). The number of rotatable bonds is 1. The van der Waals surface area contributed by atoms with Crippen LogP contribution in [0.3, 0.4) is 0 Å². The molecule has 4 N–H and O–H groups in total. The molecule has 1 aliphatic rings. The molecule has 8 heteroatoms. The van der Waals surface area contributed by atoms with E-state index in [1.807, 2.05) is 0 Å². The third-order valence-electron chi connectivity index (χ3n) is 2.17. The highest BCUT2D eigenvalue weighted by Gasteiger charge is 2.58. The summed E-state index contributed by atoms with van der Waals surface area (Å²) in [5.41, 5.74) is 0. The molecule has 1 rings (SSSR count). The highest BCUT2D eigenvalue weighted by molar-refractivity contribution is 7.54. The Morgan fingerprint density at radius 2 is 2.08 bits per heavy atom. The van der Waals surface area contributed by atoms with Gasteiger partial charge < -0.3 is 14.9 Å². The maximum Gasteiger partial charge on any atom is 0.341 e. The fraction of sp³-hybridized carbons (Fsp3) is 0.800. The minimum Gasteiger partial charge on any atom is -0.371 e. The Morgan fingerprint density at radius 1 is 1.62 bits per heavy atom. The van der Waals surface area contributed by atoms with E-state index < -0.39 is 31.3 Å². The van der Waals surface area contributed by atoms with Crippen LogP contribution in [0.2, 0.25) is 0 Å². The third kappa shape index (κ3) is 1.38. The van der Waals surface area contributed by atoms with Crippen LogP contribution >= 0.6 is 7.60 Å². The number of aliphatic hydroxyl groups is 1. The van der Waals surface area contributed by atoms with Crippen LogP contribution in [0.5, 0.6) is 0 Å². The van der Waals surface area contributed by atoms with Crippen molar-refractivity contribution >= 4 is 13.5 Å². The van der Waals surface area contributed by atoms with Gasteiger partial charge in [-0.2, -0.15) is 5.06 Å². The lowest BCUT2D eigenvalue weighted by molar-refractivity contribution is -0.190. The summed E-state index contributed by atoms with van der Waals surface area (Å²) in [6.45, 7) is 1.01. The number of carbonyl (C=O) groups is 1. The topological polar surface area (TPSA) is 118 Å². The summed E-state index contributed by atoms with van der Waals surface area (Å²) in [4.78, 5) is 28.8. The molecule has 1 heterocycles. The molecule has 13 heavy (non-hydrogen) atoms. The van der Waals surface area contributed by atoms with Crippen molar-refractivity contribution in [3.8, 4) is 0 Å². The molecule has 0 saturated carbocycles. The monoisotopic (exact) mass is 211 g/mol. The lowest BCUT2D eigenvalue weighted by Gasteiger charge is -2.21. The molecule has 1 fully saturated rings. The van der Waals surface area contributed by atoms with E-state index in [2.05, 4.69) is 0 Å². The van der Waals surface area contributed by atoms with Crippen LogP contribution in [0.15, 0.2) is 0 Å². The highest BCUT2D eigenvalue weighted by Crippen LogP contribution is 2.56. The molecule has 1 amide bonds. The SMILES string of the molecule is CC1(P(=O)(O)O)CC(O)N(O)C1=O. The van der Waals surface area contributed by atoms with E-state index in [1.165, 1.54) is 0 Å². The summed E-state index contributed by atoms with van der Waals surface area (Å²) in [7, 11) is -4.67. The van der Waals surface area contributed by atoms with Crippen molar-refractivity contribution in [3.63, 3.8) is 0 Å². The molecule has 0 spiro atoms. The van der Waals surface area contributed by atoms with Crippen molar-refractivity contribution in [1.82, 2.24) is 5.06 Å². The Morgan fingerprint density at radius 3 is 2.23 bits per heavy atom. The number of hydrogen-bond donors (Lipinski definition) is 4. The van der Waals surface area contributed by atoms with Gasteiger partial charge in [0.15, 0.2) is 11.4 Å². The van der Waals surface area contributed by atoms with Crippen molar-refractivity contribution in [3.05, 3.63) is 0 Å². The van der Waals surface area contributed by atoms with Gasteiger partial charge in [-0.05, 0) is 6.92 Å². The van der Waals surface area contributed by atoms with E-state index in [4.69, 9.17) is 20.1 Å². The zero-order valence-electron chi connectivity index (χ0n) is 6.78. The van der Waals surface area contributed by atoms with Crippen LogP contribution in [0.25, 0.3) is 0 Å². The molecule has 2 unspecified atom stereocenters. The Bertz CT molecular complexity index is 287. The summed E-state index contributed by atoms with van der Waals surface area (Å²) >= 11 is 0. The molecule has 0 aliphatic carbocycles. The molecule has 76 valence electrons. The third-order valence-corrected chi connectivity index (χ3v) is 3.83. The summed E-state index contributed by atoms with van der Waals surface area (Å²) in [5.74, 6) is -1.16. The second-order valence-corrected chi connectivity index (χ2v) is 5.23. The summed E-state index contributed by atoms with van der Waals surface area (Å²) in [6, 6.07) is 0. The Kier molecular flexibility index (Phi) is 2.26. The first kappa shape index (κ1) is 10.6. The molecule has 1 saturated heterocycles. The number of nitrogens with zero attached hydrogens (tertiary/aromatic N) is 1.